The molecular weight excluding hydrogens is 576 g/mol. The molecule has 1 aliphatic rings. The average Bonchev–Trinajstić information content (AvgIpc) is 2.76. The lowest BCUT2D eigenvalue weighted by molar-refractivity contribution is -0.676. The standard InChI is InChI=1S/C24H28Br2N2O4.ClH/c1-15(29)32-21-9-8-17(11-22(21)31-2)24(30)28-23-18(10-19(25)12-20(23)26)14-27-13-16-6-4-3-5-7-16;/h8-12,16,27H,3-7,13-14H2,1-2H3,(H,28,30);1H. The van der Waals surface area contributed by atoms with Gasteiger partial charge in [0.2, 0.25) is 0 Å². The Hall–Kier alpha value is -1.61. The van der Waals surface area contributed by atoms with Gasteiger partial charge in [-0.05, 0) is 59.1 Å². The molecule has 180 valence electrons. The number of carbonyl (C=O) groups excluding carboxylic acids is 2. The third kappa shape index (κ3) is 7.98. The number of amides is 1. The molecule has 0 spiro atoms. The predicted octanol–water partition coefficient (Wildman–Crippen LogP) is 2.05. The largest absolute Gasteiger partial charge is 1.00 e. The van der Waals surface area contributed by atoms with Gasteiger partial charge in [0.1, 0.15) is 6.54 Å². The molecule has 0 atom stereocenters. The molecule has 6 nitrogen and oxygen atoms in total. The van der Waals surface area contributed by atoms with Crippen molar-refractivity contribution in [3.8, 4) is 11.5 Å². The first kappa shape index (κ1) is 27.6. The van der Waals surface area contributed by atoms with Gasteiger partial charge in [-0.15, -0.1) is 0 Å². The number of ether oxygens (including phenoxy) is 2. The number of methoxy groups -OCH3 is 1. The van der Waals surface area contributed by atoms with Crippen LogP contribution in [-0.2, 0) is 11.3 Å². The van der Waals surface area contributed by atoms with Crippen LogP contribution in [0.1, 0.15) is 54.9 Å². The third-order valence-corrected chi connectivity index (χ3v) is 6.73. The smallest absolute Gasteiger partial charge is 0.308 e. The first-order valence-electron chi connectivity index (χ1n) is 10.8. The van der Waals surface area contributed by atoms with Gasteiger partial charge in [-0.1, -0.05) is 35.2 Å². The highest BCUT2D eigenvalue weighted by Crippen LogP contribution is 2.32. The van der Waals surface area contributed by atoms with Gasteiger partial charge in [-0.2, -0.15) is 0 Å². The fourth-order valence-electron chi connectivity index (χ4n) is 4.06. The van der Waals surface area contributed by atoms with Gasteiger partial charge in [0.15, 0.2) is 11.5 Å². The SMILES string of the molecule is COc1cc(C(=O)Nc2c(Br)cc(Br)cc2C[NH2+]CC2CCCCC2)ccc1OC(C)=O.[Cl-]. The van der Waals surface area contributed by atoms with E-state index in [-0.39, 0.29) is 24.1 Å². The predicted molar refractivity (Wildman–Crippen MR) is 131 cm³/mol. The van der Waals surface area contributed by atoms with Crippen molar-refractivity contribution in [3.63, 3.8) is 0 Å². The van der Waals surface area contributed by atoms with Gasteiger partial charge in [0.05, 0.1) is 19.3 Å². The first-order valence-corrected chi connectivity index (χ1v) is 12.4. The zero-order valence-electron chi connectivity index (χ0n) is 18.8. The van der Waals surface area contributed by atoms with Crippen molar-refractivity contribution >= 4 is 49.4 Å². The zero-order valence-corrected chi connectivity index (χ0v) is 22.7. The van der Waals surface area contributed by atoms with Crippen LogP contribution in [0, 0.1) is 5.92 Å². The summed E-state index contributed by atoms with van der Waals surface area (Å²) in [6.07, 6.45) is 6.66. The molecule has 1 amide bonds. The van der Waals surface area contributed by atoms with Gasteiger partial charge in [-0.25, -0.2) is 0 Å². The summed E-state index contributed by atoms with van der Waals surface area (Å²) in [6.45, 7) is 3.20. The Morgan fingerprint density at radius 1 is 1.09 bits per heavy atom. The van der Waals surface area contributed by atoms with Crippen LogP contribution in [0.5, 0.6) is 11.5 Å². The second-order valence-electron chi connectivity index (χ2n) is 8.07. The molecule has 2 aromatic rings. The van der Waals surface area contributed by atoms with Gasteiger partial charge in [-0.3, -0.25) is 9.59 Å². The highest BCUT2D eigenvalue weighted by atomic mass is 79.9. The van der Waals surface area contributed by atoms with Gasteiger partial charge in [0, 0.05) is 32.9 Å². The molecule has 33 heavy (non-hydrogen) atoms. The molecule has 9 heteroatoms. The van der Waals surface area contributed by atoms with Crippen LogP contribution in [-0.4, -0.2) is 25.5 Å². The van der Waals surface area contributed by atoms with Gasteiger partial charge < -0.3 is 32.5 Å². The quantitative estimate of drug-likeness (QED) is 0.357. The number of halogens is 3. The van der Waals surface area contributed by atoms with Gasteiger partial charge >= 0.3 is 5.97 Å². The van der Waals surface area contributed by atoms with E-state index in [1.807, 2.05) is 12.1 Å². The highest BCUT2D eigenvalue weighted by molar-refractivity contribution is 9.11. The van der Waals surface area contributed by atoms with E-state index in [1.165, 1.54) is 46.1 Å². The summed E-state index contributed by atoms with van der Waals surface area (Å²) in [5.41, 5.74) is 2.20. The topological polar surface area (TPSA) is 81.2 Å². The average molecular weight is 605 g/mol. The summed E-state index contributed by atoms with van der Waals surface area (Å²) >= 11 is 7.15. The fraction of sp³-hybridized carbons (Fsp3) is 0.417. The molecule has 1 fully saturated rings. The van der Waals surface area contributed by atoms with E-state index in [0.29, 0.717) is 11.3 Å². The lowest BCUT2D eigenvalue weighted by atomic mass is 9.89. The van der Waals surface area contributed by atoms with Crippen molar-refractivity contribution in [2.24, 2.45) is 5.92 Å². The summed E-state index contributed by atoms with van der Waals surface area (Å²) in [4.78, 5) is 24.3. The number of nitrogens with one attached hydrogen (secondary N) is 1. The van der Waals surface area contributed by atoms with Crippen molar-refractivity contribution in [2.75, 3.05) is 19.0 Å². The molecule has 0 aliphatic heterocycles. The molecule has 3 N–H and O–H groups in total. The molecule has 0 heterocycles. The van der Waals surface area contributed by atoms with Crippen molar-refractivity contribution in [2.45, 2.75) is 45.6 Å². The number of benzene rings is 2. The van der Waals surface area contributed by atoms with Crippen LogP contribution in [0.15, 0.2) is 39.3 Å². The molecular formula is C24H29Br2ClN2O4. The number of rotatable bonds is 8. The summed E-state index contributed by atoms with van der Waals surface area (Å²) < 4.78 is 12.2. The minimum atomic E-state index is -0.451. The highest BCUT2D eigenvalue weighted by Gasteiger charge is 2.19. The number of esters is 1. The van der Waals surface area contributed by atoms with Crippen molar-refractivity contribution < 1.29 is 36.8 Å². The van der Waals surface area contributed by atoms with Crippen molar-refractivity contribution in [1.82, 2.24) is 0 Å². The van der Waals surface area contributed by atoms with Crippen molar-refractivity contribution in [3.05, 3.63) is 50.4 Å². The first-order chi connectivity index (χ1) is 15.4. The Kier molecular flexibility index (Phi) is 11.2. The minimum absolute atomic E-state index is 0. The second kappa shape index (κ2) is 13.3. The number of hydrogen-bond acceptors (Lipinski definition) is 4. The summed E-state index contributed by atoms with van der Waals surface area (Å²) in [6, 6.07) is 8.70. The van der Waals surface area contributed by atoms with Crippen LogP contribution in [0.4, 0.5) is 5.69 Å². The summed E-state index contributed by atoms with van der Waals surface area (Å²) in [7, 11) is 1.47. The molecule has 1 aliphatic carbocycles. The van der Waals surface area contributed by atoms with Crippen molar-refractivity contribution in [1.29, 1.82) is 0 Å². The molecule has 0 radical (unpaired) electrons. The van der Waals surface area contributed by atoms with Crippen LogP contribution in [0.3, 0.4) is 0 Å². The molecule has 2 aromatic carbocycles. The van der Waals surface area contributed by atoms with E-state index in [1.54, 1.807) is 18.2 Å². The molecule has 0 saturated heterocycles. The van der Waals surface area contributed by atoms with E-state index in [9.17, 15) is 9.59 Å². The van der Waals surface area contributed by atoms with Crippen LogP contribution in [0.25, 0.3) is 0 Å². The molecule has 3 rings (SSSR count). The molecule has 0 aromatic heterocycles. The Labute approximate surface area is 217 Å². The van der Waals surface area contributed by atoms with E-state index >= 15 is 0 Å². The number of anilines is 1. The van der Waals surface area contributed by atoms with Crippen LogP contribution >= 0.6 is 31.9 Å². The molecule has 0 unspecified atom stereocenters. The van der Waals surface area contributed by atoms with Crippen LogP contribution in [0.2, 0.25) is 0 Å². The Balaban J connectivity index is 0.00000385. The second-order valence-corrected chi connectivity index (χ2v) is 9.84. The van der Waals surface area contributed by atoms with Crippen LogP contribution < -0.4 is 32.5 Å². The number of carbonyl (C=O) groups is 2. The monoisotopic (exact) mass is 602 g/mol. The third-order valence-electron chi connectivity index (χ3n) is 5.64. The van der Waals surface area contributed by atoms with E-state index in [0.717, 1.165) is 39.2 Å². The normalized spacial score (nSPS) is 13.7. The fourth-order valence-corrected chi connectivity index (χ4v) is 5.47. The minimum Gasteiger partial charge on any atom is -1.00 e. The molecule has 0 bridgehead atoms. The lowest BCUT2D eigenvalue weighted by Gasteiger charge is -2.20. The maximum absolute atomic E-state index is 13.0. The Morgan fingerprint density at radius 3 is 2.48 bits per heavy atom. The van der Waals surface area contributed by atoms with E-state index in [4.69, 9.17) is 9.47 Å². The zero-order chi connectivity index (χ0) is 23.1. The maximum atomic E-state index is 13.0. The van der Waals surface area contributed by atoms with Gasteiger partial charge in [0.25, 0.3) is 5.91 Å². The van der Waals surface area contributed by atoms with E-state index < -0.39 is 5.97 Å². The molecule has 1 saturated carbocycles. The van der Waals surface area contributed by atoms with E-state index in [2.05, 4.69) is 42.5 Å². The lowest BCUT2D eigenvalue weighted by Crippen LogP contribution is -3.00. The summed E-state index contributed by atoms with van der Waals surface area (Å²) in [5.74, 6) is 0.659. The summed E-state index contributed by atoms with van der Waals surface area (Å²) in [5, 5.41) is 5.36. The number of quaternary nitrogens is 1. The number of hydrogen-bond donors (Lipinski definition) is 2. The Bertz CT molecular complexity index is 981. The Morgan fingerprint density at radius 2 is 1.82 bits per heavy atom. The number of nitrogens with two attached hydrogens (primary N) is 1. The maximum Gasteiger partial charge on any atom is 0.308 e.